The summed E-state index contributed by atoms with van der Waals surface area (Å²) < 4.78 is 0. The van der Waals surface area contributed by atoms with Crippen molar-refractivity contribution < 1.29 is 0 Å². The molecule has 0 amide bonds. The maximum absolute atomic E-state index is 3.64. The highest BCUT2D eigenvalue weighted by atomic mass is 15.1. The van der Waals surface area contributed by atoms with Gasteiger partial charge in [-0.2, -0.15) is 0 Å². The van der Waals surface area contributed by atoms with E-state index in [1.165, 1.54) is 6.42 Å². The van der Waals surface area contributed by atoms with Gasteiger partial charge in [0, 0.05) is 50.3 Å². The van der Waals surface area contributed by atoms with Gasteiger partial charge in [0.1, 0.15) is 0 Å². The summed E-state index contributed by atoms with van der Waals surface area (Å²) in [4.78, 5) is 0. The minimum atomic E-state index is 0.610. The van der Waals surface area contributed by atoms with Gasteiger partial charge in [-0.05, 0) is 20.3 Å². The molecule has 4 atom stereocenters. The molecule has 4 nitrogen and oxygen atoms in total. The number of nitrogens with one attached hydrogen (secondary N) is 4. The third kappa shape index (κ3) is 3.41. The van der Waals surface area contributed by atoms with Gasteiger partial charge in [-0.1, -0.05) is 0 Å². The van der Waals surface area contributed by atoms with Crippen molar-refractivity contribution in [2.45, 2.75) is 44.4 Å². The molecule has 4 heteroatoms. The quantitative estimate of drug-likeness (QED) is 0.488. The fourth-order valence-corrected chi connectivity index (χ4v) is 2.49. The Morgan fingerprint density at radius 1 is 0.867 bits per heavy atom. The van der Waals surface area contributed by atoms with Crippen LogP contribution in [0.25, 0.3) is 0 Å². The second-order valence-corrected chi connectivity index (χ2v) is 5.07. The number of hydrogen-bond acceptors (Lipinski definition) is 4. The molecule has 0 radical (unpaired) electrons. The molecule has 2 heterocycles. The summed E-state index contributed by atoms with van der Waals surface area (Å²) in [5.74, 6) is 0. The van der Waals surface area contributed by atoms with Crippen LogP contribution in [0.1, 0.15) is 20.3 Å². The second kappa shape index (κ2) is 5.25. The molecule has 2 saturated heterocycles. The van der Waals surface area contributed by atoms with Crippen molar-refractivity contribution in [3.05, 3.63) is 0 Å². The second-order valence-electron chi connectivity index (χ2n) is 5.07. The van der Waals surface area contributed by atoms with Crippen LogP contribution in [0.2, 0.25) is 0 Å². The summed E-state index contributed by atoms with van der Waals surface area (Å²) >= 11 is 0. The first kappa shape index (κ1) is 11.3. The molecule has 0 saturated carbocycles. The van der Waals surface area contributed by atoms with Gasteiger partial charge in [-0.3, -0.25) is 0 Å². The fraction of sp³-hybridized carbons (Fsp3) is 1.00. The van der Waals surface area contributed by atoms with E-state index in [1.54, 1.807) is 0 Å². The van der Waals surface area contributed by atoms with E-state index in [-0.39, 0.29) is 0 Å². The van der Waals surface area contributed by atoms with Gasteiger partial charge in [0.05, 0.1) is 0 Å². The monoisotopic (exact) mass is 212 g/mol. The van der Waals surface area contributed by atoms with Crippen LogP contribution in [0.4, 0.5) is 0 Å². The average molecular weight is 212 g/mol. The SMILES string of the molecule is CC1CNC(CC2CNC[C@@H](C)N2)CN1. The van der Waals surface area contributed by atoms with Crippen LogP contribution in [0.15, 0.2) is 0 Å². The summed E-state index contributed by atoms with van der Waals surface area (Å²) in [6, 6.07) is 2.49. The van der Waals surface area contributed by atoms with Gasteiger partial charge in [0.25, 0.3) is 0 Å². The number of rotatable bonds is 2. The average Bonchev–Trinajstić information content (AvgIpc) is 2.22. The molecule has 0 spiro atoms. The highest BCUT2D eigenvalue weighted by Gasteiger charge is 2.23. The summed E-state index contributed by atoms with van der Waals surface area (Å²) in [5, 5.41) is 14.2. The van der Waals surface area contributed by atoms with Gasteiger partial charge in [-0.25, -0.2) is 0 Å². The lowest BCUT2D eigenvalue weighted by Crippen LogP contribution is -2.59. The standard InChI is InChI=1S/C11H24N4/c1-8-5-14-10(7-13-8)3-11-6-12-4-9(2)15-11/h8-15H,3-7H2,1-2H3/t8?,9-,10?,11?/m1/s1. The Morgan fingerprint density at radius 2 is 1.73 bits per heavy atom. The van der Waals surface area contributed by atoms with Crippen molar-refractivity contribution >= 4 is 0 Å². The first-order chi connectivity index (χ1) is 7.24. The first-order valence-corrected chi connectivity index (χ1v) is 6.17. The minimum Gasteiger partial charge on any atom is -0.314 e. The van der Waals surface area contributed by atoms with Gasteiger partial charge in [0.15, 0.2) is 0 Å². The molecule has 0 bridgehead atoms. The zero-order valence-electron chi connectivity index (χ0n) is 9.84. The van der Waals surface area contributed by atoms with Gasteiger partial charge in [0.2, 0.25) is 0 Å². The predicted octanol–water partition coefficient (Wildman–Crippen LogP) is -0.724. The maximum Gasteiger partial charge on any atom is 0.0210 e. The Bertz CT molecular complexity index is 189. The number of piperazine rings is 2. The van der Waals surface area contributed by atoms with E-state index in [4.69, 9.17) is 0 Å². The van der Waals surface area contributed by atoms with Crippen LogP contribution in [0.3, 0.4) is 0 Å². The molecular weight excluding hydrogens is 188 g/mol. The first-order valence-electron chi connectivity index (χ1n) is 6.17. The van der Waals surface area contributed by atoms with E-state index in [2.05, 4.69) is 35.1 Å². The lowest BCUT2D eigenvalue weighted by Gasteiger charge is -2.35. The summed E-state index contributed by atoms with van der Waals surface area (Å²) in [7, 11) is 0. The van der Waals surface area contributed by atoms with E-state index in [0.29, 0.717) is 24.2 Å². The topological polar surface area (TPSA) is 48.1 Å². The molecule has 2 aliphatic rings. The van der Waals surface area contributed by atoms with Crippen molar-refractivity contribution in [1.29, 1.82) is 0 Å². The summed E-state index contributed by atoms with van der Waals surface area (Å²) in [6.07, 6.45) is 1.22. The highest BCUT2D eigenvalue weighted by Crippen LogP contribution is 2.05. The van der Waals surface area contributed by atoms with Gasteiger partial charge >= 0.3 is 0 Å². The molecule has 3 unspecified atom stereocenters. The number of hydrogen-bond donors (Lipinski definition) is 4. The van der Waals surface area contributed by atoms with E-state index in [9.17, 15) is 0 Å². The van der Waals surface area contributed by atoms with Crippen LogP contribution >= 0.6 is 0 Å². The minimum absolute atomic E-state index is 0.610. The van der Waals surface area contributed by atoms with Crippen LogP contribution in [0, 0.1) is 0 Å². The van der Waals surface area contributed by atoms with E-state index >= 15 is 0 Å². The largest absolute Gasteiger partial charge is 0.314 e. The molecule has 2 aliphatic heterocycles. The zero-order chi connectivity index (χ0) is 10.7. The van der Waals surface area contributed by atoms with Crippen LogP contribution < -0.4 is 21.3 Å². The Morgan fingerprint density at radius 3 is 2.40 bits per heavy atom. The third-order valence-electron chi connectivity index (χ3n) is 3.36. The van der Waals surface area contributed by atoms with Crippen LogP contribution in [-0.4, -0.2) is 50.3 Å². The fourth-order valence-electron chi connectivity index (χ4n) is 2.49. The molecule has 0 aromatic rings. The molecule has 4 N–H and O–H groups in total. The Hall–Kier alpha value is -0.160. The van der Waals surface area contributed by atoms with Crippen molar-refractivity contribution in [3.63, 3.8) is 0 Å². The molecule has 15 heavy (non-hydrogen) atoms. The van der Waals surface area contributed by atoms with Gasteiger partial charge in [-0.15, -0.1) is 0 Å². The summed E-state index contributed by atoms with van der Waals surface area (Å²) in [5.41, 5.74) is 0. The van der Waals surface area contributed by atoms with E-state index < -0.39 is 0 Å². The van der Waals surface area contributed by atoms with E-state index in [0.717, 1.165) is 26.2 Å². The van der Waals surface area contributed by atoms with Crippen LogP contribution in [-0.2, 0) is 0 Å². The Kier molecular flexibility index (Phi) is 3.97. The lowest BCUT2D eigenvalue weighted by atomic mass is 10.0. The highest BCUT2D eigenvalue weighted by molar-refractivity contribution is 4.88. The molecule has 88 valence electrons. The van der Waals surface area contributed by atoms with Crippen molar-refractivity contribution in [1.82, 2.24) is 21.3 Å². The normalized spacial score (nSPS) is 42.8. The molecule has 0 aliphatic carbocycles. The summed E-state index contributed by atoms with van der Waals surface area (Å²) in [6.45, 7) is 8.88. The molecular formula is C11H24N4. The zero-order valence-corrected chi connectivity index (χ0v) is 9.84. The maximum atomic E-state index is 3.64. The van der Waals surface area contributed by atoms with Crippen molar-refractivity contribution in [3.8, 4) is 0 Å². The van der Waals surface area contributed by atoms with E-state index in [1.807, 2.05) is 0 Å². The Labute approximate surface area is 92.6 Å². The molecule has 2 rings (SSSR count). The molecule has 2 fully saturated rings. The molecule has 0 aromatic carbocycles. The smallest absolute Gasteiger partial charge is 0.0210 e. The van der Waals surface area contributed by atoms with Crippen molar-refractivity contribution in [2.75, 3.05) is 26.2 Å². The predicted molar refractivity (Wildman–Crippen MR) is 63.1 cm³/mol. The lowest BCUT2D eigenvalue weighted by molar-refractivity contribution is 0.277. The Balaban J connectivity index is 1.71. The third-order valence-corrected chi connectivity index (χ3v) is 3.36. The van der Waals surface area contributed by atoms with Gasteiger partial charge < -0.3 is 21.3 Å². The van der Waals surface area contributed by atoms with Crippen molar-refractivity contribution in [2.24, 2.45) is 0 Å². The molecule has 0 aromatic heterocycles. The van der Waals surface area contributed by atoms with Crippen LogP contribution in [0.5, 0.6) is 0 Å².